The number of carbonyl (C=O) groups excluding carboxylic acids is 1. The molecule has 2 aromatic rings. The van der Waals surface area contributed by atoms with E-state index in [1.165, 1.54) is 88.2 Å². The van der Waals surface area contributed by atoms with Gasteiger partial charge in [-0.25, -0.2) is 10.2 Å². The molecule has 5 nitrogen and oxygen atoms in total. The second-order valence-electron chi connectivity index (χ2n) is 13.8. The van der Waals surface area contributed by atoms with E-state index in [1.807, 2.05) is 24.3 Å². The van der Waals surface area contributed by atoms with Crippen molar-refractivity contribution >= 4 is 12.2 Å². The van der Waals surface area contributed by atoms with Crippen molar-refractivity contribution in [2.24, 2.45) is 16.9 Å². The minimum absolute atomic E-state index is 0.123. The zero-order valence-corrected chi connectivity index (χ0v) is 26.1. The van der Waals surface area contributed by atoms with Crippen LogP contribution >= 0.6 is 0 Å². The molecule has 2 N–H and O–H groups in total. The molecule has 0 radical (unpaired) electrons. The average molecular weight is 572 g/mol. The number of urea groups is 1. The highest BCUT2D eigenvalue weighted by Crippen LogP contribution is 2.62. The van der Waals surface area contributed by atoms with Crippen LogP contribution in [0, 0.1) is 18.8 Å². The van der Waals surface area contributed by atoms with E-state index in [9.17, 15) is 4.79 Å². The van der Waals surface area contributed by atoms with Gasteiger partial charge < -0.3 is 10.1 Å². The molecular formula is C37H53N3O2. The molecule has 4 saturated carbocycles. The lowest BCUT2D eigenvalue weighted by atomic mass is 9.45. The molecule has 0 aromatic heterocycles. The molecule has 4 aliphatic rings. The Hall–Kier alpha value is -2.82. The molecule has 5 heteroatoms. The van der Waals surface area contributed by atoms with Crippen LogP contribution < -0.4 is 15.5 Å². The number of hydrazone groups is 1. The zero-order chi connectivity index (χ0) is 29.3. The van der Waals surface area contributed by atoms with E-state index in [4.69, 9.17) is 4.74 Å². The number of ether oxygens (including phenoxy) is 1. The Morgan fingerprint density at radius 3 is 2.12 bits per heavy atom. The van der Waals surface area contributed by atoms with Gasteiger partial charge in [-0.05, 0) is 105 Å². The van der Waals surface area contributed by atoms with Crippen LogP contribution in [0.25, 0.3) is 0 Å². The number of rotatable bonds is 16. The fourth-order valence-electron chi connectivity index (χ4n) is 8.52. The number of amides is 2. The summed E-state index contributed by atoms with van der Waals surface area (Å²) in [5, 5.41) is 7.66. The second-order valence-corrected chi connectivity index (χ2v) is 13.8. The number of benzene rings is 2. The van der Waals surface area contributed by atoms with Gasteiger partial charge in [-0.3, -0.25) is 0 Å². The summed E-state index contributed by atoms with van der Waals surface area (Å²) >= 11 is 0. The van der Waals surface area contributed by atoms with Crippen molar-refractivity contribution in [2.75, 3.05) is 6.61 Å². The van der Waals surface area contributed by atoms with Crippen molar-refractivity contribution in [1.82, 2.24) is 10.7 Å². The Morgan fingerprint density at radius 2 is 1.48 bits per heavy atom. The lowest BCUT2D eigenvalue weighted by molar-refractivity contribution is -0.0349. The highest BCUT2D eigenvalue weighted by atomic mass is 16.5. The summed E-state index contributed by atoms with van der Waals surface area (Å²) in [5.74, 6) is 2.28. The summed E-state index contributed by atoms with van der Waals surface area (Å²) in [7, 11) is 0. The van der Waals surface area contributed by atoms with Gasteiger partial charge in [0.1, 0.15) is 5.75 Å². The van der Waals surface area contributed by atoms with Gasteiger partial charge >= 0.3 is 6.03 Å². The van der Waals surface area contributed by atoms with Gasteiger partial charge in [0.15, 0.2) is 0 Å². The Bertz CT molecular complexity index is 1140. The third-order valence-corrected chi connectivity index (χ3v) is 10.1. The maximum Gasteiger partial charge on any atom is 0.335 e. The molecule has 2 aromatic carbocycles. The van der Waals surface area contributed by atoms with E-state index in [-0.39, 0.29) is 17.0 Å². The maximum atomic E-state index is 13.0. The van der Waals surface area contributed by atoms with Gasteiger partial charge in [-0.15, -0.1) is 0 Å². The van der Waals surface area contributed by atoms with E-state index in [0.717, 1.165) is 43.6 Å². The number of nitrogens with one attached hydrogen (secondary N) is 2. The normalized spacial score (nSPS) is 26.0. The molecule has 4 fully saturated rings. The topological polar surface area (TPSA) is 62.7 Å². The summed E-state index contributed by atoms with van der Waals surface area (Å²) in [6.07, 6.45) is 22.0. The molecule has 42 heavy (non-hydrogen) atoms. The minimum atomic E-state index is -0.191. The second kappa shape index (κ2) is 14.6. The number of hydrogen-bond acceptors (Lipinski definition) is 3. The highest BCUT2D eigenvalue weighted by molar-refractivity contribution is 5.82. The number of aryl methyl sites for hydroxylation is 1. The van der Waals surface area contributed by atoms with Crippen molar-refractivity contribution in [3.63, 3.8) is 0 Å². The Kier molecular flexibility index (Phi) is 10.6. The fourth-order valence-corrected chi connectivity index (χ4v) is 8.52. The van der Waals surface area contributed by atoms with Crippen molar-refractivity contribution in [3.05, 3.63) is 65.2 Å². The van der Waals surface area contributed by atoms with Crippen LogP contribution in [0.3, 0.4) is 0 Å². The molecule has 0 heterocycles. The van der Waals surface area contributed by atoms with Crippen LogP contribution in [0.2, 0.25) is 0 Å². The molecule has 2 amide bonds. The Morgan fingerprint density at radius 1 is 0.857 bits per heavy atom. The standard InChI is InChI=1S/C37H53N3O2/c1-3-4-5-6-7-8-9-10-11-12-21-42-34-19-15-30(16-20-34)27-38-40-35(41)39-37-25-31-22-32(26-37)24-36(23-31,28-37)33-17-13-29(2)14-18-33/h13-20,27,31-32H,3-12,21-26,28H2,1-2H3,(H2,39,40,41)/b38-27-/t31-,32+,36?,37?. The molecule has 6 rings (SSSR count). The van der Waals surface area contributed by atoms with Crippen molar-refractivity contribution in [2.45, 2.75) is 128 Å². The fraction of sp³-hybridized carbons (Fsp3) is 0.622. The molecular weight excluding hydrogens is 518 g/mol. The summed E-state index contributed by atoms with van der Waals surface area (Å²) < 4.78 is 5.93. The minimum Gasteiger partial charge on any atom is -0.494 e. The molecule has 0 aliphatic heterocycles. The van der Waals surface area contributed by atoms with Crippen molar-refractivity contribution < 1.29 is 9.53 Å². The predicted octanol–water partition coefficient (Wildman–Crippen LogP) is 9.22. The van der Waals surface area contributed by atoms with Crippen LogP contribution in [0.4, 0.5) is 4.79 Å². The van der Waals surface area contributed by atoms with Crippen LogP contribution in [0.1, 0.15) is 126 Å². The molecule has 4 aliphatic carbocycles. The van der Waals surface area contributed by atoms with E-state index >= 15 is 0 Å². The smallest absolute Gasteiger partial charge is 0.335 e. The Labute approximate surface area is 254 Å². The van der Waals surface area contributed by atoms with Gasteiger partial charge in [0.25, 0.3) is 0 Å². The van der Waals surface area contributed by atoms with Crippen LogP contribution in [-0.4, -0.2) is 24.4 Å². The van der Waals surface area contributed by atoms with Gasteiger partial charge in [0, 0.05) is 5.54 Å². The van der Waals surface area contributed by atoms with Gasteiger partial charge in [-0.1, -0.05) is 94.5 Å². The van der Waals surface area contributed by atoms with Gasteiger partial charge in [0.2, 0.25) is 0 Å². The van der Waals surface area contributed by atoms with Crippen LogP contribution in [0.15, 0.2) is 53.6 Å². The Balaban J connectivity index is 1.01. The van der Waals surface area contributed by atoms with Crippen LogP contribution in [-0.2, 0) is 5.41 Å². The van der Waals surface area contributed by atoms with Crippen molar-refractivity contribution in [1.29, 1.82) is 0 Å². The molecule has 4 bridgehead atoms. The number of unbranched alkanes of at least 4 members (excludes halogenated alkanes) is 9. The van der Waals surface area contributed by atoms with Crippen molar-refractivity contribution in [3.8, 4) is 5.75 Å². The van der Waals surface area contributed by atoms with E-state index < -0.39 is 0 Å². The number of hydrogen-bond donors (Lipinski definition) is 2. The highest BCUT2D eigenvalue weighted by Gasteiger charge is 2.58. The first-order chi connectivity index (χ1) is 20.5. The number of nitrogens with zero attached hydrogens (tertiary/aromatic N) is 1. The molecule has 0 spiro atoms. The summed E-state index contributed by atoms with van der Waals surface area (Å²) in [6, 6.07) is 16.9. The summed E-state index contributed by atoms with van der Waals surface area (Å²) in [5.41, 5.74) is 6.53. The summed E-state index contributed by atoms with van der Waals surface area (Å²) in [4.78, 5) is 13.0. The predicted molar refractivity (Wildman–Crippen MR) is 173 cm³/mol. The molecule has 2 unspecified atom stereocenters. The summed E-state index contributed by atoms with van der Waals surface area (Å²) in [6.45, 7) is 5.19. The molecule has 4 atom stereocenters. The van der Waals surface area contributed by atoms with Gasteiger partial charge in [-0.2, -0.15) is 5.10 Å². The van der Waals surface area contributed by atoms with Crippen LogP contribution in [0.5, 0.6) is 5.75 Å². The maximum absolute atomic E-state index is 13.0. The largest absolute Gasteiger partial charge is 0.494 e. The molecule has 228 valence electrons. The van der Waals surface area contributed by atoms with E-state index in [2.05, 4.69) is 54.0 Å². The monoisotopic (exact) mass is 571 g/mol. The first-order valence-electron chi connectivity index (χ1n) is 16.9. The van der Waals surface area contributed by atoms with Gasteiger partial charge in [0.05, 0.1) is 12.8 Å². The quantitative estimate of drug-likeness (QED) is 0.120. The van der Waals surface area contributed by atoms with E-state index in [1.54, 1.807) is 6.21 Å². The SMILES string of the molecule is CCCCCCCCCCCCOc1ccc(/C=N\NC(=O)NC23C[C@H]4C[C@@H](C2)CC(c2ccc(C)cc2)(C4)C3)cc1. The third kappa shape index (κ3) is 8.17. The first kappa shape index (κ1) is 30.6. The first-order valence-corrected chi connectivity index (χ1v) is 16.9. The lowest BCUT2D eigenvalue weighted by Gasteiger charge is -2.62. The zero-order valence-electron chi connectivity index (χ0n) is 26.1. The average Bonchev–Trinajstić information content (AvgIpc) is 2.96. The molecule has 0 saturated heterocycles. The third-order valence-electron chi connectivity index (χ3n) is 10.1. The van der Waals surface area contributed by atoms with E-state index in [0.29, 0.717) is 11.8 Å². The lowest BCUT2D eigenvalue weighted by Crippen LogP contribution is -2.65. The number of carbonyl (C=O) groups is 1.